The van der Waals surface area contributed by atoms with E-state index in [1.54, 1.807) is 0 Å². The molecular weight excluding hydrogens is 394 g/mol. The predicted octanol–water partition coefficient (Wildman–Crippen LogP) is 3.74. The van der Waals surface area contributed by atoms with Crippen LogP contribution in [-0.2, 0) is 4.74 Å². The maximum Gasteiger partial charge on any atom is 0.321 e. The number of carbonyl (C=O) groups is 1. The average molecular weight is 430 g/mol. The Labute approximate surface area is 185 Å². The Morgan fingerprint density at radius 3 is 2.48 bits per heavy atom. The molecule has 4 heterocycles. The summed E-state index contributed by atoms with van der Waals surface area (Å²) in [5.41, 5.74) is 0.938. The average Bonchev–Trinajstić information content (AvgIpc) is 2.82. The van der Waals surface area contributed by atoms with Gasteiger partial charge >= 0.3 is 6.03 Å². The highest BCUT2D eigenvalue weighted by molar-refractivity contribution is 5.89. The van der Waals surface area contributed by atoms with Crippen molar-refractivity contribution in [2.75, 3.05) is 57.9 Å². The molecule has 0 bridgehead atoms. The molecule has 0 unspecified atom stereocenters. The van der Waals surface area contributed by atoms with Gasteiger partial charge in [-0.2, -0.15) is 0 Å². The highest BCUT2D eigenvalue weighted by atomic mass is 16.6. The first-order valence-electron chi connectivity index (χ1n) is 12.0. The largest absolute Gasteiger partial charge is 0.486 e. The smallest absolute Gasteiger partial charge is 0.321 e. The summed E-state index contributed by atoms with van der Waals surface area (Å²) in [5, 5.41) is 3.02. The van der Waals surface area contributed by atoms with Crippen LogP contribution in [0, 0.1) is 5.92 Å². The Morgan fingerprint density at radius 2 is 1.74 bits per heavy atom. The van der Waals surface area contributed by atoms with E-state index in [4.69, 9.17) is 14.2 Å². The fourth-order valence-electron chi connectivity index (χ4n) is 5.45. The summed E-state index contributed by atoms with van der Waals surface area (Å²) in [6.45, 7) is 7.18. The van der Waals surface area contributed by atoms with Crippen molar-refractivity contribution >= 4 is 11.7 Å². The van der Waals surface area contributed by atoms with E-state index in [2.05, 4.69) is 10.2 Å². The molecule has 5 rings (SSSR count). The zero-order valence-corrected chi connectivity index (χ0v) is 18.4. The summed E-state index contributed by atoms with van der Waals surface area (Å²) in [6.07, 6.45) is 8.32. The highest BCUT2D eigenvalue weighted by Crippen LogP contribution is 2.35. The molecule has 4 aliphatic rings. The molecule has 1 spiro atoms. The van der Waals surface area contributed by atoms with Crippen molar-refractivity contribution in [3.05, 3.63) is 18.2 Å². The zero-order valence-electron chi connectivity index (χ0n) is 18.4. The minimum atomic E-state index is -0.0236. The first-order chi connectivity index (χ1) is 15.2. The van der Waals surface area contributed by atoms with E-state index in [9.17, 15) is 4.79 Å². The van der Waals surface area contributed by atoms with Crippen molar-refractivity contribution in [3.63, 3.8) is 0 Å². The molecule has 7 heteroatoms. The molecule has 4 aliphatic heterocycles. The second kappa shape index (κ2) is 9.25. The van der Waals surface area contributed by atoms with Gasteiger partial charge in [-0.1, -0.05) is 0 Å². The quantitative estimate of drug-likeness (QED) is 0.793. The van der Waals surface area contributed by atoms with E-state index in [0.717, 1.165) is 63.6 Å². The van der Waals surface area contributed by atoms with E-state index in [-0.39, 0.29) is 11.6 Å². The van der Waals surface area contributed by atoms with Crippen molar-refractivity contribution in [2.45, 2.75) is 50.5 Å². The topological polar surface area (TPSA) is 63.3 Å². The SMILES string of the molecule is O=C(Nc1ccc2c(c1)OCCO2)N1CCC(CN2CCC3(CCCCO3)CC2)CC1. The summed E-state index contributed by atoms with van der Waals surface area (Å²) < 4.78 is 17.3. The number of rotatable bonds is 3. The Hall–Kier alpha value is -1.99. The number of anilines is 1. The van der Waals surface area contributed by atoms with Crippen LogP contribution in [0.2, 0.25) is 0 Å². The van der Waals surface area contributed by atoms with Crippen molar-refractivity contribution in [1.82, 2.24) is 9.80 Å². The van der Waals surface area contributed by atoms with Gasteiger partial charge in [0.1, 0.15) is 13.2 Å². The lowest BCUT2D eigenvalue weighted by molar-refractivity contribution is -0.112. The van der Waals surface area contributed by atoms with Crippen LogP contribution in [0.5, 0.6) is 11.5 Å². The van der Waals surface area contributed by atoms with E-state index in [0.29, 0.717) is 24.9 Å². The molecule has 1 aromatic carbocycles. The number of benzene rings is 1. The van der Waals surface area contributed by atoms with Crippen LogP contribution in [0.15, 0.2) is 18.2 Å². The number of hydrogen-bond donors (Lipinski definition) is 1. The third kappa shape index (κ3) is 4.93. The van der Waals surface area contributed by atoms with E-state index in [1.807, 2.05) is 23.1 Å². The minimum Gasteiger partial charge on any atom is -0.486 e. The first kappa shape index (κ1) is 20.9. The summed E-state index contributed by atoms with van der Waals surface area (Å²) in [6, 6.07) is 5.55. The molecule has 0 saturated carbocycles. The number of carbonyl (C=O) groups excluding carboxylic acids is 1. The standard InChI is InChI=1S/C24H35N3O4/c28-23(25-20-3-4-21-22(17-20)30-16-15-29-21)27-10-5-19(6-11-27)18-26-12-8-24(9-13-26)7-1-2-14-31-24/h3-4,17,19H,1-2,5-16,18H2,(H,25,28). The summed E-state index contributed by atoms with van der Waals surface area (Å²) in [5.74, 6) is 2.12. The Kier molecular flexibility index (Phi) is 6.23. The molecule has 3 fully saturated rings. The number of urea groups is 1. The molecule has 0 atom stereocenters. The molecule has 0 aliphatic carbocycles. The van der Waals surface area contributed by atoms with Crippen LogP contribution < -0.4 is 14.8 Å². The van der Waals surface area contributed by atoms with Gasteiger partial charge < -0.3 is 29.3 Å². The first-order valence-corrected chi connectivity index (χ1v) is 12.0. The van der Waals surface area contributed by atoms with Crippen LogP contribution in [-0.4, -0.2) is 74.0 Å². The fourth-order valence-corrected chi connectivity index (χ4v) is 5.45. The molecule has 0 radical (unpaired) electrons. The second-order valence-electron chi connectivity index (χ2n) is 9.51. The number of likely N-dealkylation sites (tertiary alicyclic amines) is 2. The minimum absolute atomic E-state index is 0.0236. The van der Waals surface area contributed by atoms with Crippen LogP contribution in [0.4, 0.5) is 10.5 Å². The molecular formula is C24H35N3O4. The summed E-state index contributed by atoms with van der Waals surface area (Å²) in [4.78, 5) is 17.3. The van der Waals surface area contributed by atoms with Gasteiger partial charge in [-0.3, -0.25) is 0 Å². The van der Waals surface area contributed by atoms with Crippen LogP contribution in [0.25, 0.3) is 0 Å². The molecule has 3 saturated heterocycles. The van der Waals surface area contributed by atoms with Gasteiger partial charge in [-0.15, -0.1) is 0 Å². The third-order valence-electron chi connectivity index (χ3n) is 7.41. The monoisotopic (exact) mass is 429 g/mol. The van der Waals surface area contributed by atoms with E-state index in [1.165, 1.54) is 32.1 Å². The summed E-state index contributed by atoms with van der Waals surface area (Å²) in [7, 11) is 0. The Morgan fingerprint density at radius 1 is 0.968 bits per heavy atom. The van der Waals surface area contributed by atoms with Gasteiger partial charge in [-0.25, -0.2) is 4.79 Å². The van der Waals surface area contributed by atoms with Crippen LogP contribution in [0.1, 0.15) is 44.9 Å². The van der Waals surface area contributed by atoms with Gasteiger partial charge in [-0.05, 0) is 63.0 Å². The number of nitrogens with zero attached hydrogens (tertiary/aromatic N) is 2. The van der Waals surface area contributed by atoms with Crippen LogP contribution in [0.3, 0.4) is 0 Å². The molecule has 31 heavy (non-hydrogen) atoms. The van der Waals surface area contributed by atoms with E-state index >= 15 is 0 Å². The number of fused-ring (bicyclic) bond motifs is 1. The van der Waals surface area contributed by atoms with Crippen molar-refractivity contribution < 1.29 is 19.0 Å². The molecule has 0 aromatic heterocycles. The normalized spacial score (nSPS) is 24.2. The lowest BCUT2D eigenvalue weighted by Gasteiger charge is -2.45. The zero-order chi connectivity index (χ0) is 21.1. The van der Waals surface area contributed by atoms with Gasteiger partial charge in [0.15, 0.2) is 11.5 Å². The van der Waals surface area contributed by atoms with Gasteiger partial charge in [0.05, 0.1) is 5.60 Å². The maximum absolute atomic E-state index is 12.7. The number of ether oxygens (including phenoxy) is 3. The molecule has 170 valence electrons. The highest BCUT2D eigenvalue weighted by Gasteiger charge is 2.37. The molecule has 2 amide bonds. The van der Waals surface area contributed by atoms with Gasteiger partial charge in [0, 0.05) is 51.1 Å². The Bertz CT molecular complexity index is 762. The molecule has 1 aromatic rings. The lowest BCUT2D eigenvalue weighted by atomic mass is 9.84. The fraction of sp³-hybridized carbons (Fsp3) is 0.708. The Balaban J connectivity index is 1.06. The van der Waals surface area contributed by atoms with Crippen molar-refractivity contribution in [1.29, 1.82) is 0 Å². The number of nitrogens with one attached hydrogen (secondary N) is 1. The summed E-state index contributed by atoms with van der Waals surface area (Å²) >= 11 is 0. The van der Waals surface area contributed by atoms with Gasteiger partial charge in [0.25, 0.3) is 0 Å². The van der Waals surface area contributed by atoms with Crippen molar-refractivity contribution in [3.8, 4) is 11.5 Å². The lowest BCUT2D eigenvalue weighted by Crippen LogP contribution is -2.49. The molecule has 1 N–H and O–H groups in total. The van der Waals surface area contributed by atoms with Crippen molar-refractivity contribution in [2.24, 2.45) is 5.92 Å². The number of hydrogen-bond acceptors (Lipinski definition) is 5. The van der Waals surface area contributed by atoms with Gasteiger partial charge in [0.2, 0.25) is 0 Å². The maximum atomic E-state index is 12.7. The number of piperidine rings is 2. The van der Waals surface area contributed by atoms with Crippen LogP contribution >= 0.6 is 0 Å². The number of amides is 2. The third-order valence-corrected chi connectivity index (χ3v) is 7.41. The second-order valence-corrected chi connectivity index (χ2v) is 9.51. The predicted molar refractivity (Wildman–Crippen MR) is 119 cm³/mol. The van der Waals surface area contributed by atoms with E-state index < -0.39 is 0 Å². The molecule has 7 nitrogen and oxygen atoms in total.